The van der Waals surface area contributed by atoms with Gasteiger partial charge in [0, 0.05) is 12.6 Å². The minimum absolute atomic E-state index is 0.0562. The summed E-state index contributed by atoms with van der Waals surface area (Å²) in [4.78, 5) is 1.27. The van der Waals surface area contributed by atoms with Crippen LogP contribution in [0.3, 0.4) is 0 Å². The molecule has 0 aromatic heterocycles. The highest BCUT2D eigenvalue weighted by molar-refractivity contribution is 5.06. The molecule has 0 bridgehead atoms. The first-order valence-electron chi connectivity index (χ1n) is 6.10. The Morgan fingerprint density at radius 3 is 2.17 bits per heavy atom. The number of nitrogens with one attached hydrogen (secondary N) is 1. The Balaban J connectivity index is 4.69. The van der Waals surface area contributed by atoms with E-state index >= 15 is 0 Å². The predicted molar refractivity (Wildman–Crippen MR) is 65.1 cm³/mol. The molecule has 0 saturated carbocycles. The molecular weight excluding hydrogens is 243 g/mol. The molecule has 0 rings (SSSR count). The molecule has 6 heteroatoms. The van der Waals surface area contributed by atoms with Gasteiger partial charge < -0.3 is 0 Å². The van der Waals surface area contributed by atoms with Crippen molar-refractivity contribution in [2.24, 2.45) is 0 Å². The van der Waals surface area contributed by atoms with Crippen LogP contribution < -0.4 is 5.32 Å². The lowest BCUT2D eigenvalue weighted by molar-refractivity contribution is -0.150. The summed E-state index contributed by atoms with van der Waals surface area (Å²) in [6.07, 6.45) is -3.41. The topological polar surface area (TPSA) is 39.1 Å². The Labute approximate surface area is 107 Å². The first-order chi connectivity index (χ1) is 8.13. The largest absolute Gasteiger partial charge is 0.401 e. The van der Waals surface area contributed by atoms with Crippen molar-refractivity contribution in [3.05, 3.63) is 0 Å². The van der Waals surface area contributed by atoms with Crippen LogP contribution in [0.15, 0.2) is 0 Å². The van der Waals surface area contributed by atoms with Gasteiger partial charge in [0.1, 0.15) is 5.54 Å². The maximum absolute atomic E-state index is 12.5. The Bertz CT molecular complexity index is 283. The highest BCUT2D eigenvalue weighted by atomic mass is 19.4. The molecule has 0 aromatic rings. The van der Waals surface area contributed by atoms with E-state index in [1.54, 1.807) is 20.8 Å². The van der Waals surface area contributed by atoms with E-state index < -0.39 is 18.3 Å². The summed E-state index contributed by atoms with van der Waals surface area (Å²) < 4.78 is 37.4. The molecule has 0 aliphatic carbocycles. The van der Waals surface area contributed by atoms with Crippen molar-refractivity contribution in [2.45, 2.75) is 51.9 Å². The van der Waals surface area contributed by atoms with Crippen LogP contribution >= 0.6 is 0 Å². The van der Waals surface area contributed by atoms with Gasteiger partial charge >= 0.3 is 6.18 Å². The van der Waals surface area contributed by atoms with E-state index in [1.165, 1.54) is 4.90 Å². The van der Waals surface area contributed by atoms with E-state index in [-0.39, 0.29) is 12.6 Å². The molecule has 0 aliphatic rings. The molecular formula is C12H22F3N3. The van der Waals surface area contributed by atoms with E-state index in [0.29, 0.717) is 6.54 Å². The zero-order valence-electron chi connectivity index (χ0n) is 11.4. The smallest absolute Gasteiger partial charge is 0.299 e. The number of rotatable bonds is 7. The average molecular weight is 265 g/mol. The predicted octanol–water partition coefficient (Wildman–Crippen LogP) is 2.54. The molecule has 0 spiro atoms. The van der Waals surface area contributed by atoms with Crippen LogP contribution in [0.4, 0.5) is 13.2 Å². The number of hydrogen-bond acceptors (Lipinski definition) is 3. The van der Waals surface area contributed by atoms with Gasteiger partial charge in [-0.1, -0.05) is 6.92 Å². The second kappa shape index (κ2) is 6.95. The van der Waals surface area contributed by atoms with Crippen LogP contribution in [0.1, 0.15) is 34.1 Å². The lowest BCUT2D eigenvalue weighted by Crippen LogP contribution is -2.54. The van der Waals surface area contributed by atoms with Gasteiger partial charge in [0.15, 0.2) is 0 Å². The number of alkyl halides is 3. The minimum atomic E-state index is -4.24. The third-order valence-electron chi connectivity index (χ3n) is 2.64. The molecule has 0 aliphatic heterocycles. The summed E-state index contributed by atoms with van der Waals surface area (Å²) in [5.74, 6) is 0. The second-order valence-corrected chi connectivity index (χ2v) is 4.98. The summed E-state index contributed by atoms with van der Waals surface area (Å²) in [7, 11) is 0. The van der Waals surface area contributed by atoms with Crippen molar-refractivity contribution in [3.63, 3.8) is 0 Å². The molecule has 0 fully saturated rings. The van der Waals surface area contributed by atoms with Gasteiger partial charge in [0.25, 0.3) is 0 Å². The van der Waals surface area contributed by atoms with Gasteiger partial charge in [-0.15, -0.1) is 0 Å². The van der Waals surface area contributed by atoms with Crippen LogP contribution in [0.2, 0.25) is 0 Å². The summed E-state index contributed by atoms with van der Waals surface area (Å²) in [5, 5.41) is 12.1. The van der Waals surface area contributed by atoms with Gasteiger partial charge in [0.2, 0.25) is 0 Å². The number of nitrogens with zero attached hydrogens (tertiary/aromatic N) is 2. The van der Waals surface area contributed by atoms with E-state index in [9.17, 15) is 13.2 Å². The maximum Gasteiger partial charge on any atom is 0.401 e. The van der Waals surface area contributed by atoms with Gasteiger partial charge in [0.05, 0.1) is 12.6 Å². The highest BCUT2D eigenvalue weighted by Crippen LogP contribution is 2.19. The number of nitriles is 1. The summed E-state index contributed by atoms with van der Waals surface area (Å²) in [6.45, 7) is 6.65. The quantitative estimate of drug-likeness (QED) is 0.769. The highest BCUT2D eigenvalue weighted by Gasteiger charge is 2.35. The third kappa shape index (κ3) is 6.82. The van der Waals surface area contributed by atoms with Crippen molar-refractivity contribution in [2.75, 3.05) is 19.6 Å². The van der Waals surface area contributed by atoms with Gasteiger partial charge in [-0.3, -0.25) is 10.2 Å². The van der Waals surface area contributed by atoms with E-state index in [1.807, 2.05) is 6.92 Å². The van der Waals surface area contributed by atoms with Crippen molar-refractivity contribution in [1.82, 2.24) is 10.2 Å². The molecule has 0 radical (unpaired) electrons. The maximum atomic E-state index is 12.5. The lowest BCUT2D eigenvalue weighted by Gasteiger charge is -2.34. The molecule has 1 unspecified atom stereocenters. The molecule has 1 N–H and O–H groups in total. The Hall–Kier alpha value is -0.800. The molecule has 1 atom stereocenters. The lowest BCUT2D eigenvalue weighted by atomic mass is 10.0. The van der Waals surface area contributed by atoms with E-state index in [2.05, 4.69) is 11.4 Å². The van der Waals surface area contributed by atoms with Crippen LogP contribution in [0.5, 0.6) is 0 Å². The zero-order chi connectivity index (χ0) is 14.4. The number of hydrogen-bond donors (Lipinski definition) is 1. The first-order valence-corrected chi connectivity index (χ1v) is 6.10. The van der Waals surface area contributed by atoms with Crippen LogP contribution in [-0.4, -0.2) is 42.3 Å². The summed E-state index contributed by atoms with van der Waals surface area (Å²) >= 11 is 0. The van der Waals surface area contributed by atoms with E-state index in [4.69, 9.17) is 5.26 Å². The van der Waals surface area contributed by atoms with Crippen molar-refractivity contribution in [3.8, 4) is 6.07 Å². The summed E-state index contributed by atoms with van der Waals surface area (Å²) in [5.41, 5.74) is -0.953. The third-order valence-corrected chi connectivity index (χ3v) is 2.64. The van der Waals surface area contributed by atoms with E-state index in [0.717, 1.165) is 6.42 Å². The molecule has 0 heterocycles. The van der Waals surface area contributed by atoms with Crippen LogP contribution in [-0.2, 0) is 0 Å². The monoisotopic (exact) mass is 265 g/mol. The molecule has 18 heavy (non-hydrogen) atoms. The van der Waals surface area contributed by atoms with Crippen molar-refractivity contribution in [1.29, 1.82) is 5.26 Å². The van der Waals surface area contributed by atoms with Gasteiger partial charge in [-0.25, -0.2) is 0 Å². The number of halogens is 3. The van der Waals surface area contributed by atoms with Crippen LogP contribution in [0.25, 0.3) is 0 Å². The fourth-order valence-electron chi connectivity index (χ4n) is 1.59. The molecule has 106 valence electrons. The average Bonchev–Trinajstić information content (AvgIpc) is 2.23. The van der Waals surface area contributed by atoms with Crippen LogP contribution in [0, 0.1) is 11.3 Å². The second-order valence-electron chi connectivity index (χ2n) is 4.98. The minimum Gasteiger partial charge on any atom is -0.299 e. The van der Waals surface area contributed by atoms with Gasteiger partial charge in [-0.05, 0) is 33.7 Å². The fourth-order valence-corrected chi connectivity index (χ4v) is 1.59. The summed E-state index contributed by atoms with van der Waals surface area (Å²) in [6, 6.07) is 1.80. The first kappa shape index (κ1) is 17.2. The SMILES string of the molecule is CCCNC(C)(C#N)CN(CC(F)(F)F)C(C)C. The Morgan fingerprint density at radius 1 is 1.28 bits per heavy atom. The van der Waals surface area contributed by atoms with Gasteiger partial charge in [-0.2, -0.15) is 18.4 Å². The Morgan fingerprint density at radius 2 is 1.83 bits per heavy atom. The zero-order valence-corrected chi connectivity index (χ0v) is 11.4. The normalized spacial score (nSPS) is 15.8. The molecule has 0 saturated heterocycles. The Kier molecular flexibility index (Phi) is 6.64. The van der Waals surface area contributed by atoms with Crippen molar-refractivity contribution < 1.29 is 13.2 Å². The molecule has 3 nitrogen and oxygen atoms in total. The van der Waals surface area contributed by atoms with Crippen molar-refractivity contribution >= 4 is 0 Å². The molecule has 0 amide bonds. The fraction of sp³-hybridized carbons (Fsp3) is 0.917. The molecule has 0 aromatic carbocycles. The standard InChI is InChI=1S/C12H22F3N3/c1-5-6-17-11(4,7-16)8-18(10(2)3)9-12(13,14)15/h10,17H,5-6,8-9H2,1-4H3.